The van der Waals surface area contributed by atoms with Gasteiger partial charge in [0.15, 0.2) is 10.6 Å². The maximum absolute atomic E-state index is 12.6. The van der Waals surface area contributed by atoms with E-state index in [0.717, 1.165) is 0 Å². The number of rotatable bonds is 1. The van der Waals surface area contributed by atoms with Gasteiger partial charge in [0.25, 0.3) is 0 Å². The van der Waals surface area contributed by atoms with Crippen molar-refractivity contribution in [2.45, 2.75) is 26.3 Å². The van der Waals surface area contributed by atoms with Crippen LogP contribution < -0.4 is 11.4 Å². The number of hydrogen-bond donors (Lipinski definition) is 0. The number of aromatic nitrogens is 5. The Morgan fingerprint density at radius 2 is 1.75 bits per heavy atom. The molecule has 0 atom stereocenters. The summed E-state index contributed by atoms with van der Waals surface area (Å²) in [5.74, 6) is 0.399. The Bertz CT molecular complexity index is 831. The Morgan fingerprint density at radius 3 is 2.20 bits per heavy atom. The highest BCUT2D eigenvalue weighted by atomic mass is 32.1. The highest BCUT2D eigenvalue weighted by Crippen LogP contribution is 2.08. The van der Waals surface area contributed by atoms with Crippen molar-refractivity contribution < 1.29 is 0 Å². The molecule has 20 heavy (non-hydrogen) atoms. The van der Waals surface area contributed by atoms with Crippen LogP contribution in [0.2, 0.25) is 0 Å². The van der Waals surface area contributed by atoms with Gasteiger partial charge in [0, 0.05) is 31.9 Å². The molecule has 0 aromatic carbocycles. The molecule has 2 aromatic rings. The Balaban J connectivity index is 2.98. The van der Waals surface area contributed by atoms with E-state index in [-0.39, 0.29) is 4.77 Å². The van der Waals surface area contributed by atoms with Crippen molar-refractivity contribution in [1.29, 1.82) is 0 Å². The molecule has 0 unspecified atom stereocenters. The van der Waals surface area contributed by atoms with Crippen LogP contribution in [0.5, 0.6) is 0 Å². The Morgan fingerprint density at radius 1 is 1.15 bits per heavy atom. The molecule has 0 fully saturated rings. The summed E-state index contributed by atoms with van der Waals surface area (Å²) in [6, 6.07) is 1.68. The highest BCUT2D eigenvalue weighted by Gasteiger charge is 2.22. The summed E-state index contributed by atoms with van der Waals surface area (Å²) in [5.41, 5.74) is -1.56. The summed E-state index contributed by atoms with van der Waals surface area (Å²) < 4.78 is 5.42. The highest BCUT2D eigenvalue weighted by molar-refractivity contribution is 7.71. The Kier molecular flexibility index (Phi) is 3.29. The third kappa shape index (κ3) is 2.15. The zero-order valence-corrected chi connectivity index (χ0v) is 12.9. The molecule has 2 aromatic heterocycles. The van der Waals surface area contributed by atoms with Crippen LogP contribution in [-0.4, -0.2) is 23.5 Å². The fourth-order valence-electron chi connectivity index (χ4n) is 1.94. The van der Waals surface area contributed by atoms with Gasteiger partial charge in [0.2, 0.25) is 0 Å². The summed E-state index contributed by atoms with van der Waals surface area (Å²) >= 11 is 5.21. The van der Waals surface area contributed by atoms with E-state index in [9.17, 15) is 9.59 Å². The molecule has 0 spiro atoms. The fourth-order valence-corrected chi connectivity index (χ4v) is 2.19. The van der Waals surface area contributed by atoms with Crippen LogP contribution in [-0.2, 0) is 19.6 Å². The van der Waals surface area contributed by atoms with Gasteiger partial charge in [-0.05, 0) is 33.0 Å². The third-order valence-corrected chi connectivity index (χ3v) is 3.39. The van der Waals surface area contributed by atoms with Crippen LogP contribution in [0.1, 0.15) is 20.8 Å². The van der Waals surface area contributed by atoms with Crippen molar-refractivity contribution >= 4 is 12.2 Å². The molecular formula is C12H17N5O2S. The Hall–Kier alpha value is -1.96. The Labute approximate surface area is 120 Å². The predicted molar refractivity (Wildman–Crippen MR) is 77.9 cm³/mol. The van der Waals surface area contributed by atoms with Crippen molar-refractivity contribution in [2.75, 3.05) is 0 Å². The molecule has 0 aliphatic carbocycles. The van der Waals surface area contributed by atoms with Gasteiger partial charge >= 0.3 is 11.4 Å². The maximum atomic E-state index is 12.6. The van der Waals surface area contributed by atoms with Gasteiger partial charge in [-0.15, -0.1) is 0 Å². The topological polar surface area (TPSA) is 66.8 Å². The maximum Gasteiger partial charge on any atom is 0.340 e. The van der Waals surface area contributed by atoms with E-state index in [2.05, 4.69) is 5.10 Å². The number of aryl methyl sites for hydroxylation is 1. The smallest absolute Gasteiger partial charge is 0.274 e. The average molecular weight is 295 g/mol. The first-order valence-corrected chi connectivity index (χ1v) is 6.51. The first-order valence-electron chi connectivity index (χ1n) is 6.10. The normalized spacial score (nSPS) is 11.8. The summed E-state index contributed by atoms with van der Waals surface area (Å²) in [6.07, 6.45) is 1.71. The van der Waals surface area contributed by atoms with Crippen LogP contribution in [0, 0.1) is 4.77 Å². The zero-order valence-electron chi connectivity index (χ0n) is 12.1. The van der Waals surface area contributed by atoms with Crippen molar-refractivity contribution in [1.82, 2.24) is 23.5 Å². The average Bonchev–Trinajstić information content (AvgIpc) is 2.71. The standard InChI is InChI=1S/C12H17N5O2S/c1-12(2,3)17-9(18)15(5)11(20)16(10(17)19)8-6-7-14(4)13-8/h6-7H,1-5H3. The number of nitrogens with zero attached hydrogens (tertiary/aromatic N) is 5. The molecule has 7 nitrogen and oxygen atoms in total. The monoisotopic (exact) mass is 295 g/mol. The van der Waals surface area contributed by atoms with Crippen molar-refractivity contribution in [3.8, 4) is 5.82 Å². The molecule has 0 radical (unpaired) electrons. The molecule has 2 heterocycles. The summed E-state index contributed by atoms with van der Waals surface area (Å²) in [5, 5.41) is 4.18. The van der Waals surface area contributed by atoms with E-state index >= 15 is 0 Å². The zero-order chi connectivity index (χ0) is 15.2. The summed E-state index contributed by atoms with van der Waals surface area (Å²) in [7, 11) is 3.29. The minimum absolute atomic E-state index is 0.124. The molecule has 8 heteroatoms. The molecule has 0 N–H and O–H groups in total. The second-order valence-corrected chi connectivity index (χ2v) is 5.96. The van der Waals surface area contributed by atoms with Gasteiger partial charge in [-0.2, -0.15) is 5.10 Å². The van der Waals surface area contributed by atoms with Crippen molar-refractivity contribution in [3.63, 3.8) is 0 Å². The van der Waals surface area contributed by atoms with Crippen molar-refractivity contribution in [3.05, 3.63) is 38.0 Å². The van der Waals surface area contributed by atoms with Crippen LogP contribution in [0.4, 0.5) is 0 Å². The van der Waals surface area contributed by atoms with Crippen molar-refractivity contribution in [2.24, 2.45) is 14.1 Å². The molecule has 0 aliphatic rings. The largest absolute Gasteiger partial charge is 0.340 e. The lowest BCUT2D eigenvalue weighted by atomic mass is 10.1. The molecule has 0 aliphatic heterocycles. The minimum atomic E-state index is -0.647. The van der Waals surface area contributed by atoms with E-state index in [1.54, 1.807) is 51.8 Å². The third-order valence-electron chi connectivity index (χ3n) is 2.94. The van der Waals surface area contributed by atoms with Crippen LogP contribution in [0.15, 0.2) is 21.9 Å². The van der Waals surface area contributed by atoms with Crippen LogP contribution in [0.3, 0.4) is 0 Å². The van der Waals surface area contributed by atoms with E-state index < -0.39 is 16.9 Å². The molecule has 0 saturated carbocycles. The number of hydrogen-bond acceptors (Lipinski definition) is 4. The second-order valence-electron chi connectivity index (χ2n) is 5.60. The van der Waals surface area contributed by atoms with Gasteiger partial charge < -0.3 is 0 Å². The molecule has 108 valence electrons. The second kappa shape index (κ2) is 4.55. The SMILES string of the molecule is Cn1ccc(-n2c(=S)n(C)c(=O)n(C(C)(C)C)c2=O)n1. The predicted octanol–water partition coefficient (Wildman–Crippen LogP) is 0.556. The lowest BCUT2D eigenvalue weighted by Gasteiger charge is -2.22. The van der Waals surface area contributed by atoms with Crippen LogP contribution in [0.25, 0.3) is 5.82 Å². The minimum Gasteiger partial charge on any atom is -0.274 e. The van der Waals surface area contributed by atoms with E-state index in [1.165, 1.54) is 13.7 Å². The van der Waals surface area contributed by atoms with Gasteiger partial charge in [-0.25, -0.2) is 18.7 Å². The first-order chi connectivity index (χ1) is 9.14. The van der Waals surface area contributed by atoms with Gasteiger partial charge in [0.1, 0.15) is 0 Å². The molecule has 0 amide bonds. The van der Waals surface area contributed by atoms with Crippen LogP contribution >= 0.6 is 12.2 Å². The lowest BCUT2D eigenvalue weighted by molar-refractivity contribution is 0.340. The van der Waals surface area contributed by atoms with Gasteiger partial charge in [0.05, 0.1) is 0 Å². The fraction of sp³-hybridized carbons (Fsp3) is 0.500. The summed E-state index contributed by atoms with van der Waals surface area (Å²) in [4.78, 5) is 24.9. The summed E-state index contributed by atoms with van der Waals surface area (Å²) in [6.45, 7) is 5.38. The van der Waals surface area contributed by atoms with E-state index in [1.807, 2.05) is 0 Å². The van der Waals surface area contributed by atoms with E-state index in [4.69, 9.17) is 12.2 Å². The molecule has 0 saturated heterocycles. The quantitative estimate of drug-likeness (QED) is 0.721. The first kappa shape index (κ1) is 14.4. The van der Waals surface area contributed by atoms with Gasteiger partial charge in [-0.1, -0.05) is 0 Å². The lowest BCUT2D eigenvalue weighted by Crippen LogP contribution is -2.51. The molecular weight excluding hydrogens is 278 g/mol. The molecule has 2 rings (SSSR count). The van der Waals surface area contributed by atoms with Gasteiger partial charge in [-0.3, -0.25) is 9.25 Å². The molecule has 0 bridgehead atoms. The van der Waals surface area contributed by atoms with E-state index in [0.29, 0.717) is 5.82 Å².